The number of benzene rings is 4. The van der Waals surface area contributed by atoms with Crippen molar-refractivity contribution < 1.29 is 14.6 Å². The van der Waals surface area contributed by atoms with Gasteiger partial charge in [-0.1, -0.05) is 30.3 Å². The van der Waals surface area contributed by atoms with Gasteiger partial charge in [0.1, 0.15) is 22.9 Å². The molecule has 1 aliphatic rings. The van der Waals surface area contributed by atoms with Gasteiger partial charge in [0, 0.05) is 0 Å². The van der Waals surface area contributed by atoms with Crippen LogP contribution in [0.1, 0.15) is 11.8 Å². The number of para-hydroxylation sites is 4. The van der Waals surface area contributed by atoms with E-state index in [-0.39, 0.29) is 5.75 Å². The van der Waals surface area contributed by atoms with Gasteiger partial charge in [0.25, 0.3) is 0 Å². The van der Waals surface area contributed by atoms with Gasteiger partial charge in [-0.25, -0.2) is 0 Å². The summed E-state index contributed by atoms with van der Waals surface area (Å²) < 4.78 is 12.0. The Morgan fingerprint density at radius 3 is 2.62 bits per heavy atom. The molecule has 0 aromatic heterocycles. The predicted octanol–water partition coefficient (Wildman–Crippen LogP) is 6.17. The van der Waals surface area contributed by atoms with E-state index >= 15 is 0 Å². The van der Waals surface area contributed by atoms with Crippen molar-refractivity contribution >= 4 is 28.9 Å². The van der Waals surface area contributed by atoms with Crippen molar-refractivity contribution in [3.8, 4) is 23.0 Å². The summed E-state index contributed by atoms with van der Waals surface area (Å²) in [4.78, 5) is 3.99. The maximum atomic E-state index is 10.6. The molecule has 0 unspecified atom stereocenters. The lowest BCUT2D eigenvalue weighted by Gasteiger charge is -2.15. The molecule has 1 atom stereocenters. The molecule has 2 N–H and O–H groups in total. The number of ether oxygens (including phenoxy) is 2. The molecular weight excluding hydrogens is 364 g/mol. The molecule has 4 aromatic carbocycles. The average Bonchev–Trinajstić information content (AvgIpc) is 3.18. The average molecular weight is 382 g/mol. The molecule has 5 rings (SSSR count). The molecule has 1 aliphatic heterocycles. The standard InChI is InChI=1S/C24H18N2O3/c1-25-19-6-2-4-8-22(19)28-17-11-10-15-14-21(27)18(13-16(15)12-17)24-26-20-7-3-5-9-23(20)29-24/h2-14,24,26-27H,1H2/t24-/m0/s1. The second-order valence-corrected chi connectivity index (χ2v) is 6.79. The Balaban J connectivity index is 1.50. The molecule has 5 nitrogen and oxygen atoms in total. The van der Waals surface area contributed by atoms with Crippen LogP contribution in [-0.2, 0) is 0 Å². The van der Waals surface area contributed by atoms with E-state index in [0.717, 1.165) is 22.2 Å². The zero-order valence-electron chi connectivity index (χ0n) is 15.5. The fourth-order valence-corrected chi connectivity index (χ4v) is 3.48. The molecule has 0 saturated carbocycles. The van der Waals surface area contributed by atoms with Crippen molar-refractivity contribution in [1.82, 2.24) is 0 Å². The highest BCUT2D eigenvalue weighted by Crippen LogP contribution is 2.41. The fourth-order valence-electron chi connectivity index (χ4n) is 3.48. The Morgan fingerprint density at radius 1 is 0.931 bits per heavy atom. The first-order chi connectivity index (χ1) is 14.2. The van der Waals surface area contributed by atoms with Crippen molar-refractivity contribution in [2.24, 2.45) is 4.99 Å². The number of rotatable bonds is 4. The minimum atomic E-state index is -0.452. The van der Waals surface area contributed by atoms with Gasteiger partial charge in [-0.15, -0.1) is 0 Å². The van der Waals surface area contributed by atoms with E-state index in [2.05, 4.69) is 17.0 Å². The van der Waals surface area contributed by atoms with Gasteiger partial charge in [-0.2, -0.15) is 0 Å². The van der Waals surface area contributed by atoms with Crippen molar-refractivity contribution in [3.63, 3.8) is 0 Å². The Morgan fingerprint density at radius 2 is 1.76 bits per heavy atom. The molecule has 0 fully saturated rings. The third-order valence-electron chi connectivity index (χ3n) is 4.92. The van der Waals surface area contributed by atoms with Crippen molar-refractivity contribution in [2.75, 3.05) is 5.32 Å². The summed E-state index contributed by atoms with van der Waals surface area (Å²) in [6.45, 7) is 3.59. The highest BCUT2D eigenvalue weighted by molar-refractivity contribution is 5.86. The van der Waals surface area contributed by atoms with Gasteiger partial charge in [0.15, 0.2) is 12.0 Å². The van der Waals surface area contributed by atoms with Crippen LogP contribution in [-0.4, -0.2) is 11.8 Å². The maximum Gasteiger partial charge on any atom is 0.200 e. The smallest absolute Gasteiger partial charge is 0.200 e. The summed E-state index contributed by atoms with van der Waals surface area (Å²) in [5.74, 6) is 2.26. The summed E-state index contributed by atoms with van der Waals surface area (Å²) >= 11 is 0. The first-order valence-electron chi connectivity index (χ1n) is 9.24. The molecular formula is C24H18N2O3. The minimum absolute atomic E-state index is 0.178. The van der Waals surface area contributed by atoms with E-state index in [9.17, 15) is 5.11 Å². The summed E-state index contributed by atoms with van der Waals surface area (Å²) in [6.07, 6.45) is -0.452. The van der Waals surface area contributed by atoms with Gasteiger partial charge < -0.3 is 19.9 Å². The molecule has 0 bridgehead atoms. The molecule has 29 heavy (non-hydrogen) atoms. The lowest BCUT2D eigenvalue weighted by molar-refractivity contribution is 0.254. The Labute approximate surface area is 167 Å². The van der Waals surface area contributed by atoms with Gasteiger partial charge in [-0.05, 0) is 66.0 Å². The Bertz CT molecular complexity index is 1210. The van der Waals surface area contributed by atoms with Gasteiger partial charge in [-0.3, -0.25) is 4.99 Å². The van der Waals surface area contributed by atoms with Crippen molar-refractivity contribution in [2.45, 2.75) is 6.23 Å². The number of aliphatic imine (C=N–C) groups is 1. The minimum Gasteiger partial charge on any atom is -0.507 e. The van der Waals surface area contributed by atoms with Crippen molar-refractivity contribution in [3.05, 3.63) is 84.4 Å². The van der Waals surface area contributed by atoms with Crippen LogP contribution >= 0.6 is 0 Å². The Kier molecular flexibility index (Phi) is 4.06. The van der Waals surface area contributed by atoms with Crippen LogP contribution in [0.3, 0.4) is 0 Å². The zero-order valence-corrected chi connectivity index (χ0v) is 15.5. The van der Waals surface area contributed by atoms with Crippen LogP contribution in [0.5, 0.6) is 23.0 Å². The predicted molar refractivity (Wildman–Crippen MR) is 115 cm³/mol. The van der Waals surface area contributed by atoms with Gasteiger partial charge in [0.2, 0.25) is 0 Å². The first-order valence-corrected chi connectivity index (χ1v) is 9.24. The summed E-state index contributed by atoms with van der Waals surface area (Å²) in [7, 11) is 0. The summed E-state index contributed by atoms with van der Waals surface area (Å²) in [5, 5.41) is 15.7. The largest absolute Gasteiger partial charge is 0.507 e. The lowest BCUT2D eigenvalue weighted by Crippen LogP contribution is -2.10. The fraction of sp³-hybridized carbons (Fsp3) is 0.0417. The highest BCUT2D eigenvalue weighted by Gasteiger charge is 2.25. The molecule has 0 spiro atoms. The summed E-state index contributed by atoms with van der Waals surface area (Å²) in [5.41, 5.74) is 2.25. The number of phenols is 1. The van der Waals surface area contributed by atoms with Crippen LogP contribution in [0.15, 0.2) is 83.9 Å². The molecule has 0 amide bonds. The van der Waals surface area contributed by atoms with Gasteiger partial charge in [0.05, 0.1) is 11.3 Å². The number of nitrogens with zero attached hydrogens (tertiary/aromatic N) is 1. The van der Waals surface area contributed by atoms with Crippen LogP contribution in [0, 0.1) is 0 Å². The second kappa shape index (κ2) is 6.87. The van der Waals surface area contributed by atoms with E-state index in [1.165, 1.54) is 0 Å². The first kappa shape index (κ1) is 17.1. The van der Waals surface area contributed by atoms with E-state index < -0.39 is 6.23 Å². The molecule has 0 radical (unpaired) electrons. The van der Waals surface area contributed by atoms with Crippen LogP contribution in [0.2, 0.25) is 0 Å². The third kappa shape index (κ3) is 3.12. The lowest BCUT2D eigenvalue weighted by atomic mass is 10.0. The third-order valence-corrected chi connectivity index (χ3v) is 4.92. The molecule has 142 valence electrons. The normalized spacial score (nSPS) is 14.7. The number of anilines is 1. The molecule has 5 heteroatoms. The monoisotopic (exact) mass is 382 g/mol. The second-order valence-electron chi connectivity index (χ2n) is 6.79. The number of hydrogen-bond acceptors (Lipinski definition) is 5. The zero-order chi connectivity index (χ0) is 19.8. The summed E-state index contributed by atoms with van der Waals surface area (Å²) in [6, 6.07) is 24.5. The van der Waals surface area contributed by atoms with E-state index in [0.29, 0.717) is 22.7 Å². The number of aromatic hydroxyl groups is 1. The van der Waals surface area contributed by atoms with E-state index in [1.54, 1.807) is 6.07 Å². The number of phenolic OH excluding ortho intramolecular Hbond substituents is 1. The molecule has 4 aromatic rings. The molecule has 0 aliphatic carbocycles. The van der Waals surface area contributed by atoms with E-state index in [4.69, 9.17) is 9.47 Å². The van der Waals surface area contributed by atoms with Crippen molar-refractivity contribution in [1.29, 1.82) is 0 Å². The Hall–Kier alpha value is -3.99. The number of nitrogens with one attached hydrogen (secondary N) is 1. The van der Waals surface area contributed by atoms with Gasteiger partial charge >= 0.3 is 0 Å². The maximum absolute atomic E-state index is 10.6. The van der Waals surface area contributed by atoms with Crippen LogP contribution in [0.4, 0.5) is 11.4 Å². The van der Waals surface area contributed by atoms with Crippen LogP contribution in [0.25, 0.3) is 10.8 Å². The SMILES string of the molecule is C=Nc1ccccc1Oc1ccc2cc(O)c([C@H]3Nc4ccccc4O3)cc2c1. The van der Waals surface area contributed by atoms with E-state index in [1.807, 2.05) is 72.8 Å². The number of fused-ring (bicyclic) bond motifs is 2. The molecule has 1 heterocycles. The topological polar surface area (TPSA) is 63.1 Å². The molecule has 0 saturated heterocycles. The highest BCUT2D eigenvalue weighted by atomic mass is 16.5. The number of hydrogen-bond donors (Lipinski definition) is 2. The van der Waals surface area contributed by atoms with Crippen LogP contribution < -0.4 is 14.8 Å². The quantitative estimate of drug-likeness (QED) is 0.414.